The monoisotopic (exact) mass is 211 g/mol. The van der Waals surface area contributed by atoms with Crippen LogP contribution < -0.4 is 11.1 Å². The smallest absolute Gasteiger partial charge is 0.0931 e. The van der Waals surface area contributed by atoms with Crippen LogP contribution in [-0.2, 0) is 6.42 Å². The Morgan fingerprint density at radius 3 is 3.21 bits per heavy atom. The molecule has 0 amide bonds. The maximum absolute atomic E-state index is 5.79. The summed E-state index contributed by atoms with van der Waals surface area (Å²) in [6.07, 6.45) is 4.32. The molecule has 0 spiro atoms. The Balaban J connectivity index is 1.95. The van der Waals surface area contributed by atoms with Crippen LogP contribution in [-0.4, -0.2) is 18.1 Å². The number of thiazole rings is 1. The molecule has 1 aliphatic rings. The molecule has 0 aromatic carbocycles. The number of aromatic nitrogens is 1. The van der Waals surface area contributed by atoms with Gasteiger partial charge in [0.1, 0.15) is 0 Å². The highest BCUT2D eigenvalue weighted by Gasteiger charge is 2.16. The molecule has 2 unspecified atom stereocenters. The van der Waals surface area contributed by atoms with Gasteiger partial charge in [-0.05, 0) is 32.4 Å². The van der Waals surface area contributed by atoms with Gasteiger partial charge in [-0.3, -0.25) is 0 Å². The van der Waals surface area contributed by atoms with Gasteiger partial charge in [-0.25, -0.2) is 4.98 Å². The Bertz CT molecular complexity index is 289. The van der Waals surface area contributed by atoms with Crippen LogP contribution in [0.5, 0.6) is 0 Å². The van der Waals surface area contributed by atoms with Crippen LogP contribution in [0, 0.1) is 5.92 Å². The summed E-state index contributed by atoms with van der Waals surface area (Å²) in [6.45, 7) is 4.32. The van der Waals surface area contributed by atoms with Gasteiger partial charge in [0, 0.05) is 23.5 Å². The summed E-state index contributed by atoms with van der Waals surface area (Å²) in [7, 11) is 0. The summed E-state index contributed by atoms with van der Waals surface area (Å²) in [5, 5.41) is 4.62. The number of hydrogen-bond acceptors (Lipinski definition) is 4. The van der Waals surface area contributed by atoms with E-state index >= 15 is 0 Å². The fourth-order valence-electron chi connectivity index (χ4n) is 1.76. The van der Waals surface area contributed by atoms with E-state index in [1.165, 1.54) is 16.3 Å². The zero-order valence-electron chi connectivity index (χ0n) is 8.49. The minimum absolute atomic E-state index is 0.128. The molecule has 2 heterocycles. The lowest BCUT2D eigenvalue weighted by atomic mass is 10.1. The summed E-state index contributed by atoms with van der Waals surface area (Å²) in [5.41, 5.74) is 5.79. The first-order valence-corrected chi connectivity index (χ1v) is 5.98. The lowest BCUT2D eigenvalue weighted by Gasteiger charge is -2.03. The topological polar surface area (TPSA) is 50.9 Å². The average molecular weight is 211 g/mol. The van der Waals surface area contributed by atoms with Crippen molar-refractivity contribution in [3.63, 3.8) is 0 Å². The van der Waals surface area contributed by atoms with E-state index in [1.807, 2.05) is 13.1 Å². The first-order valence-electron chi connectivity index (χ1n) is 5.16. The number of rotatable bonds is 3. The van der Waals surface area contributed by atoms with Crippen LogP contribution >= 0.6 is 11.3 Å². The lowest BCUT2D eigenvalue weighted by Crippen LogP contribution is -2.10. The minimum atomic E-state index is 0.128. The molecular formula is C10H17N3S. The Kier molecular flexibility index (Phi) is 3.15. The van der Waals surface area contributed by atoms with E-state index in [-0.39, 0.29) is 6.04 Å². The normalized spacial score (nSPS) is 24.0. The molecule has 0 saturated carbocycles. The van der Waals surface area contributed by atoms with Gasteiger partial charge < -0.3 is 11.1 Å². The fourth-order valence-corrected chi connectivity index (χ4v) is 2.75. The maximum Gasteiger partial charge on any atom is 0.0931 e. The van der Waals surface area contributed by atoms with Crippen LogP contribution in [0.3, 0.4) is 0 Å². The van der Waals surface area contributed by atoms with Gasteiger partial charge in [-0.15, -0.1) is 11.3 Å². The van der Waals surface area contributed by atoms with Gasteiger partial charge >= 0.3 is 0 Å². The van der Waals surface area contributed by atoms with E-state index in [2.05, 4.69) is 10.3 Å². The van der Waals surface area contributed by atoms with Crippen molar-refractivity contribution in [3.05, 3.63) is 16.1 Å². The van der Waals surface area contributed by atoms with Gasteiger partial charge in [0.2, 0.25) is 0 Å². The predicted molar refractivity (Wildman–Crippen MR) is 59.4 cm³/mol. The summed E-state index contributed by atoms with van der Waals surface area (Å²) in [5.74, 6) is 0.780. The summed E-state index contributed by atoms with van der Waals surface area (Å²) < 4.78 is 0. The van der Waals surface area contributed by atoms with E-state index in [0.717, 1.165) is 25.4 Å². The van der Waals surface area contributed by atoms with Crippen molar-refractivity contribution in [1.29, 1.82) is 0 Å². The Morgan fingerprint density at radius 1 is 1.79 bits per heavy atom. The SMILES string of the molecule is CC(N)c1cnc(CC2CCNC2)s1. The second kappa shape index (κ2) is 4.38. The molecule has 14 heavy (non-hydrogen) atoms. The van der Waals surface area contributed by atoms with Gasteiger partial charge in [-0.2, -0.15) is 0 Å². The largest absolute Gasteiger partial charge is 0.323 e. The van der Waals surface area contributed by atoms with Gasteiger partial charge in [-0.1, -0.05) is 0 Å². The highest BCUT2D eigenvalue weighted by Crippen LogP contribution is 2.22. The first kappa shape index (κ1) is 10.1. The molecule has 78 valence electrons. The maximum atomic E-state index is 5.79. The molecule has 1 aliphatic heterocycles. The highest BCUT2D eigenvalue weighted by molar-refractivity contribution is 7.11. The number of nitrogens with two attached hydrogens (primary N) is 1. The Hall–Kier alpha value is -0.450. The summed E-state index contributed by atoms with van der Waals surface area (Å²) in [6, 6.07) is 0.128. The van der Waals surface area contributed by atoms with Crippen molar-refractivity contribution in [2.75, 3.05) is 13.1 Å². The molecule has 3 nitrogen and oxygen atoms in total. The van der Waals surface area contributed by atoms with Crippen molar-refractivity contribution in [1.82, 2.24) is 10.3 Å². The molecule has 1 fully saturated rings. The standard InChI is InChI=1S/C10H17N3S/c1-7(11)9-6-13-10(14-9)4-8-2-3-12-5-8/h6-8,12H,2-5,11H2,1H3. The average Bonchev–Trinajstić information content (AvgIpc) is 2.75. The zero-order valence-corrected chi connectivity index (χ0v) is 9.31. The van der Waals surface area contributed by atoms with Crippen LogP contribution in [0.2, 0.25) is 0 Å². The molecule has 1 aromatic rings. The third-order valence-corrected chi connectivity index (χ3v) is 3.87. The van der Waals surface area contributed by atoms with Crippen molar-refractivity contribution in [2.24, 2.45) is 11.7 Å². The van der Waals surface area contributed by atoms with E-state index in [1.54, 1.807) is 11.3 Å². The van der Waals surface area contributed by atoms with Crippen LogP contribution in [0.1, 0.15) is 29.3 Å². The lowest BCUT2D eigenvalue weighted by molar-refractivity contribution is 0.578. The van der Waals surface area contributed by atoms with Crippen LogP contribution in [0.25, 0.3) is 0 Å². The molecule has 1 saturated heterocycles. The summed E-state index contributed by atoms with van der Waals surface area (Å²) in [4.78, 5) is 5.61. The van der Waals surface area contributed by atoms with E-state index < -0.39 is 0 Å². The zero-order chi connectivity index (χ0) is 9.97. The molecule has 0 bridgehead atoms. The molecule has 2 rings (SSSR count). The van der Waals surface area contributed by atoms with Crippen molar-refractivity contribution >= 4 is 11.3 Å². The van der Waals surface area contributed by atoms with Gasteiger partial charge in [0.15, 0.2) is 0 Å². The predicted octanol–water partition coefficient (Wildman–Crippen LogP) is 1.31. The minimum Gasteiger partial charge on any atom is -0.323 e. The second-order valence-corrected chi connectivity index (χ2v) is 5.15. The van der Waals surface area contributed by atoms with E-state index in [0.29, 0.717) is 0 Å². The van der Waals surface area contributed by atoms with Crippen molar-refractivity contribution < 1.29 is 0 Å². The third-order valence-electron chi connectivity index (χ3n) is 2.65. The fraction of sp³-hybridized carbons (Fsp3) is 0.700. The van der Waals surface area contributed by atoms with E-state index in [4.69, 9.17) is 5.73 Å². The van der Waals surface area contributed by atoms with E-state index in [9.17, 15) is 0 Å². The van der Waals surface area contributed by atoms with Gasteiger partial charge in [0.05, 0.1) is 5.01 Å². The van der Waals surface area contributed by atoms with Crippen LogP contribution in [0.15, 0.2) is 6.20 Å². The van der Waals surface area contributed by atoms with Crippen LogP contribution in [0.4, 0.5) is 0 Å². The molecule has 0 aliphatic carbocycles. The third kappa shape index (κ3) is 2.32. The highest BCUT2D eigenvalue weighted by atomic mass is 32.1. The van der Waals surface area contributed by atoms with Gasteiger partial charge in [0.25, 0.3) is 0 Å². The Labute approximate surface area is 88.7 Å². The molecule has 1 aromatic heterocycles. The second-order valence-electron chi connectivity index (χ2n) is 4.01. The molecular weight excluding hydrogens is 194 g/mol. The number of nitrogens with zero attached hydrogens (tertiary/aromatic N) is 1. The van der Waals surface area contributed by atoms with Crippen molar-refractivity contribution in [3.8, 4) is 0 Å². The Morgan fingerprint density at radius 2 is 2.64 bits per heavy atom. The molecule has 3 N–H and O–H groups in total. The molecule has 4 heteroatoms. The quantitative estimate of drug-likeness (QED) is 0.792. The summed E-state index contributed by atoms with van der Waals surface area (Å²) >= 11 is 1.76. The number of hydrogen-bond donors (Lipinski definition) is 2. The molecule has 0 radical (unpaired) electrons. The molecule has 2 atom stereocenters. The number of nitrogens with one attached hydrogen (secondary N) is 1. The first-order chi connectivity index (χ1) is 6.75. The van der Waals surface area contributed by atoms with Crippen molar-refractivity contribution in [2.45, 2.75) is 25.8 Å².